The molecule has 0 bridgehead atoms. The highest BCUT2D eigenvalue weighted by molar-refractivity contribution is 5.90. The Morgan fingerprint density at radius 2 is 2.27 bits per heavy atom. The summed E-state index contributed by atoms with van der Waals surface area (Å²) in [5.41, 5.74) is 6.22. The van der Waals surface area contributed by atoms with Crippen molar-refractivity contribution in [2.24, 2.45) is 5.73 Å². The summed E-state index contributed by atoms with van der Waals surface area (Å²) >= 11 is 0. The number of hydrogen-bond acceptors (Lipinski definition) is 5. The van der Waals surface area contributed by atoms with Gasteiger partial charge in [-0.15, -0.1) is 0 Å². The van der Waals surface area contributed by atoms with Gasteiger partial charge in [0.15, 0.2) is 11.4 Å². The number of methoxy groups -OCH3 is 1. The van der Waals surface area contributed by atoms with Gasteiger partial charge in [0.25, 0.3) is 0 Å². The lowest BCUT2D eigenvalue weighted by Gasteiger charge is -2.08. The fourth-order valence-electron chi connectivity index (χ4n) is 1.12. The minimum absolute atomic E-state index is 0.169. The zero-order valence-electron chi connectivity index (χ0n) is 8.82. The van der Waals surface area contributed by atoms with Crippen LogP contribution in [0.2, 0.25) is 0 Å². The third kappa shape index (κ3) is 2.66. The van der Waals surface area contributed by atoms with E-state index in [-0.39, 0.29) is 12.2 Å². The summed E-state index contributed by atoms with van der Waals surface area (Å²) in [6, 6.07) is 3.39. The molecule has 2 N–H and O–H groups in total. The molecule has 0 atom stereocenters. The Labute approximate surface area is 88.2 Å². The topological polar surface area (TPSA) is 74.4 Å². The number of carbonyl (C=O) groups excluding carboxylic acids is 1. The van der Waals surface area contributed by atoms with E-state index in [1.54, 1.807) is 12.1 Å². The predicted molar refractivity (Wildman–Crippen MR) is 54.6 cm³/mol. The monoisotopic (exact) mass is 210 g/mol. The molecule has 0 fully saturated rings. The molecule has 1 heterocycles. The number of esters is 1. The molecule has 1 aromatic heterocycles. The van der Waals surface area contributed by atoms with Gasteiger partial charge in [0, 0.05) is 6.54 Å². The lowest BCUT2D eigenvalue weighted by atomic mass is 10.2. The highest BCUT2D eigenvalue weighted by atomic mass is 16.5. The van der Waals surface area contributed by atoms with Crippen molar-refractivity contribution in [3.05, 3.63) is 23.5 Å². The molecule has 0 spiro atoms. The van der Waals surface area contributed by atoms with Crippen LogP contribution in [-0.4, -0.2) is 24.7 Å². The third-order valence-corrected chi connectivity index (χ3v) is 1.80. The summed E-state index contributed by atoms with van der Waals surface area (Å²) in [6.45, 7) is 2.57. The van der Waals surface area contributed by atoms with Crippen LogP contribution in [0.25, 0.3) is 0 Å². The van der Waals surface area contributed by atoms with E-state index < -0.39 is 5.97 Å². The molecule has 0 aliphatic carbocycles. The van der Waals surface area contributed by atoms with Crippen LogP contribution >= 0.6 is 0 Å². The summed E-state index contributed by atoms with van der Waals surface area (Å²) < 4.78 is 9.86. The van der Waals surface area contributed by atoms with Crippen molar-refractivity contribution in [3.8, 4) is 5.75 Å². The van der Waals surface area contributed by atoms with Gasteiger partial charge in [-0.25, -0.2) is 9.78 Å². The van der Waals surface area contributed by atoms with Gasteiger partial charge < -0.3 is 15.2 Å². The molecule has 82 valence electrons. The summed E-state index contributed by atoms with van der Waals surface area (Å²) in [4.78, 5) is 15.4. The van der Waals surface area contributed by atoms with E-state index in [0.717, 1.165) is 0 Å². The van der Waals surface area contributed by atoms with Gasteiger partial charge in [0.05, 0.1) is 19.4 Å². The number of pyridine rings is 1. The smallest absolute Gasteiger partial charge is 0.360 e. The Bertz CT molecular complexity index is 353. The Morgan fingerprint density at radius 3 is 2.80 bits per heavy atom. The second-order valence-corrected chi connectivity index (χ2v) is 2.78. The molecule has 0 amide bonds. The van der Waals surface area contributed by atoms with Crippen LogP contribution in [0, 0.1) is 0 Å². The second kappa shape index (κ2) is 5.31. The standard InChI is InChI=1S/C10H14N2O3/c1-3-15-8-5-4-7(6-11)12-9(8)10(13)14-2/h4-5H,3,6,11H2,1-2H3. The first-order valence-corrected chi connectivity index (χ1v) is 4.64. The molecular weight excluding hydrogens is 196 g/mol. The molecule has 0 saturated carbocycles. The van der Waals surface area contributed by atoms with E-state index >= 15 is 0 Å². The number of ether oxygens (including phenoxy) is 2. The third-order valence-electron chi connectivity index (χ3n) is 1.80. The molecule has 0 aliphatic heterocycles. The maximum absolute atomic E-state index is 11.4. The molecule has 0 radical (unpaired) electrons. The normalized spacial score (nSPS) is 9.80. The van der Waals surface area contributed by atoms with Gasteiger partial charge in [-0.05, 0) is 19.1 Å². The van der Waals surface area contributed by atoms with E-state index in [1.807, 2.05) is 6.92 Å². The number of hydrogen-bond donors (Lipinski definition) is 1. The van der Waals surface area contributed by atoms with Crippen molar-refractivity contribution < 1.29 is 14.3 Å². The molecule has 0 aromatic carbocycles. The summed E-state index contributed by atoms with van der Waals surface area (Å²) in [6.07, 6.45) is 0. The van der Waals surface area contributed by atoms with E-state index in [2.05, 4.69) is 9.72 Å². The lowest BCUT2D eigenvalue weighted by Crippen LogP contribution is -2.11. The Balaban J connectivity index is 3.10. The van der Waals surface area contributed by atoms with E-state index in [4.69, 9.17) is 10.5 Å². The maximum atomic E-state index is 11.4. The largest absolute Gasteiger partial charge is 0.491 e. The molecule has 15 heavy (non-hydrogen) atoms. The minimum Gasteiger partial charge on any atom is -0.491 e. The predicted octanol–water partition coefficient (Wildman–Crippen LogP) is 0.726. The quantitative estimate of drug-likeness (QED) is 0.741. The zero-order valence-corrected chi connectivity index (χ0v) is 8.82. The Morgan fingerprint density at radius 1 is 1.53 bits per heavy atom. The van der Waals surface area contributed by atoms with Crippen LogP contribution in [-0.2, 0) is 11.3 Å². The lowest BCUT2D eigenvalue weighted by molar-refractivity contribution is 0.0589. The summed E-state index contributed by atoms with van der Waals surface area (Å²) in [5, 5.41) is 0. The van der Waals surface area contributed by atoms with Gasteiger partial charge >= 0.3 is 5.97 Å². The second-order valence-electron chi connectivity index (χ2n) is 2.78. The van der Waals surface area contributed by atoms with Crippen LogP contribution in [0.5, 0.6) is 5.75 Å². The van der Waals surface area contributed by atoms with Crippen molar-refractivity contribution in [3.63, 3.8) is 0 Å². The maximum Gasteiger partial charge on any atom is 0.360 e. The fourth-order valence-corrected chi connectivity index (χ4v) is 1.12. The molecule has 0 unspecified atom stereocenters. The van der Waals surface area contributed by atoms with Gasteiger partial charge in [0.1, 0.15) is 0 Å². The first kappa shape index (κ1) is 11.5. The number of carbonyl (C=O) groups is 1. The molecule has 5 nitrogen and oxygen atoms in total. The summed E-state index contributed by atoms with van der Waals surface area (Å²) in [5.74, 6) is -0.102. The average Bonchev–Trinajstić information content (AvgIpc) is 2.29. The molecule has 5 heteroatoms. The first-order chi connectivity index (χ1) is 7.22. The summed E-state index contributed by atoms with van der Waals surface area (Å²) in [7, 11) is 1.30. The first-order valence-electron chi connectivity index (χ1n) is 4.64. The zero-order chi connectivity index (χ0) is 11.3. The van der Waals surface area contributed by atoms with Crippen molar-refractivity contribution >= 4 is 5.97 Å². The molecule has 1 aromatic rings. The van der Waals surface area contributed by atoms with Crippen molar-refractivity contribution in [1.82, 2.24) is 4.98 Å². The highest BCUT2D eigenvalue weighted by Crippen LogP contribution is 2.17. The van der Waals surface area contributed by atoms with E-state index in [0.29, 0.717) is 18.1 Å². The minimum atomic E-state index is -0.520. The molecular formula is C10H14N2O3. The van der Waals surface area contributed by atoms with Crippen molar-refractivity contribution in [2.45, 2.75) is 13.5 Å². The average molecular weight is 210 g/mol. The van der Waals surface area contributed by atoms with Crippen LogP contribution in [0.15, 0.2) is 12.1 Å². The molecule has 0 aliphatic rings. The van der Waals surface area contributed by atoms with Crippen molar-refractivity contribution in [2.75, 3.05) is 13.7 Å². The van der Waals surface area contributed by atoms with Gasteiger partial charge in [0.2, 0.25) is 0 Å². The Kier molecular flexibility index (Phi) is 4.05. The number of rotatable bonds is 4. The van der Waals surface area contributed by atoms with E-state index in [1.165, 1.54) is 7.11 Å². The Hall–Kier alpha value is -1.62. The molecule has 1 rings (SSSR count). The van der Waals surface area contributed by atoms with Crippen LogP contribution < -0.4 is 10.5 Å². The van der Waals surface area contributed by atoms with Gasteiger partial charge in [-0.1, -0.05) is 0 Å². The van der Waals surface area contributed by atoms with Crippen LogP contribution in [0.4, 0.5) is 0 Å². The van der Waals surface area contributed by atoms with Crippen LogP contribution in [0.3, 0.4) is 0 Å². The highest BCUT2D eigenvalue weighted by Gasteiger charge is 2.15. The van der Waals surface area contributed by atoms with Gasteiger partial charge in [-0.2, -0.15) is 0 Å². The number of aromatic nitrogens is 1. The fraction of sp³-hybridized carbons (Fsp3) is 0.400. The number of nitrogens with zero attached hydrogens (tertiary/aromatic N) is 1. The van der Waals surface area contributed by atoms with Crippen molar-refractivity contribution in [1.29, 1.82) is 0 Å². The molecule has 0 saturated heterocycles. The van der Waals surface area contributed by atoms with Gasteiger partial charge in [-0.3, -0.25) is 0 Å². The van der Waals surface area contributed by atoms with E-state index in [9.17, 15) is 4.79 Å². The SMILES string of the molecule is CCOc1ccc(CN)nc1C(=O)OC. The van der Waals surface area contributed by atoms with Crippen LogP contribution in [0.1, 0.15) is 23.1 Å². The number of nitrogens with two attached hydrogens (primary N) is 1.